The van der Waals surface area contributed by atoms with Gasteiger partial charge in [0.2, 0.25) is 0 Å². The predicted molar refractivity (Wildman–Crippen MR) is 53.0 cm³/mol. The quantitative estimate of drug-likeness (QED) is 0.705. The molecule has 0 amide bonds. The van der Waals surface area contributed by atoms with E-state index >= 15 is 0 Å². The third kappa shape index (κ3) is 2.20. The van der Waals surface area contributed by atoms with Gasteiger partial charge in [0.05, 0.1) is 12.1 Å². The van der Waals surface area contributed by atoms with E-state index in [2.05, 4.69) is 24.8 Å². The van der Waals surface area contributed by atoms with Crippen LogP contribution < -0.4 is 5.73 Å². The van der Waals surface area contributed by atoms with Crippen LogP contribution in [0.15, 0.2) is 0 Å². The van der Waals surface area contributed by atoms with E-state index in [0.717, 1.165) is 32.5 Å². The maximum atomic E-state index is 8.91. The lowest BCUT2D eigenvalue weighted by molar-refractivity contribution is 0.244. The number of nitrogens with zero attached hydrogens (tertiary/aromatic N) is 2. The molecule has 2 atom stereocenters. The van der Waals surface area contributed by atoms with Crippen LogP contribution in [0.3, 0.4) is 0 Å². The van der Waals surface area contributed by atoms with Crippen molar-refractivity contribution in [3.63, 3.8) is 0 Å². The molecule has 0 aliphatic carbocycles. The summed E-state index contributed by atoms with van der Waals surface area (Å²) in [6.45, 7) is 7.00. The lowest BCUT2D eigenvalue weighted by Crippen LogP contribution is -2.36. The summed E-state index contributed by atoms with van der Waals surface area (Å²) in [5.74, 6) is 0. The topological polar surface area (TPSA) is 53.0 Å². The monoisotopic (exact) mass is 181 g/mol. The lowest BCUT2D eigenvalue weighted by Gasteiger charge is -2.24. The van der Waals surface area contributed by atoms with Gasteiger partial charge in [-0.25, -0.2) is 0 Å². The Morgan fingerprint density at radius 2 is 2.38 bits per heavy atom. The molecule has 1 heterocycles. The van der Waals surface area contributed by atoms with Crippen LogP contribution in [-0.4, -0.2) is 30.6 Å². The van der Waals surface area contributed by atoms with Crippen molar-refractivity contribution in [1.29, 1.82) is 5.26 Å². The Bertz CT molecular complexity index is 209. The second kappa shape index (κ2) is 4.08. The molecule has 2 unspecified atom stereocenters. The van der Waals surface area contributed by atoms with Crippen LogP contribution >= 0.6 is 0 Å². The van der Waals surface area contributed by atoms with Crippen molar-refractivity contribution in [3.05, 3.63) is 0 Å². The molecule has 1 rings (SSSR count). The van der Waals surface area contributed by atoms with Gasteiger partial charge in [-0.15, -0.1) is 0 Å². The molecule has 1 aliphatic heterocycles. The molecule has 3 nitrogen and oxygen atoms in total. The number of rotatable bonds is 3. The molecule has 0 aromatic heterocycles. The van der Waals surface area contributed by atoms with Crippen molar-refractivity contribution in [2.75, 3.05) is 19.6 Å². The highest BCUT2D eigenvalue weighted by Gasteiger charge is 2.35. The van der Waals surface area contributed by atoms with E-state index in [1.54, 1.807) is 0 Å². The summed E-state index contributed by atoms with van der Waals surface area (Å²) < 4.78 is 0. The Kier molecular flexibility index (Phi) is 3.29. The molecule has 0 radical (unpaired) electrons. The van der Waals surface area contributed by atoms with Crippen LogP contribution in [0.4, 0.5) is 0 Å². The summed E-state index contributed by atoms with van der Waals surface area (Å²) in [6.07, 6.45) is 2.04. The van der Waals surface area contributed by atoms with Crippen LogP contribution in [0.1, 0.15) is 26.7 Å². The van der Waals surface area contributed by atoms with E-state index in [1.807, 2.05) is 0 Å². The molecule has 3 heteroatoms. The summed E-state index contributed by atoms with van der Waals surface area (Å²) >= 11 is 0. The normalized spacial score (nSPS) is 31.5. The van der Waals surface area contributed by atoms with E-state index in [-0.39, 0.29) is 11.5 Å². The molecule has 0 bridgehead atoms. The maximum Gasteiger partial charge on any atom is 0.0975 e. The van der Waals surface area contributed by atoms with Gasteiger partial charge in [0, 0.05) is 13.1 Å². The average molecular weight is 181 g/mol. The molecule has 0 aromatic rings. The smallest absolute Gasteiger partial charge is 0.0975 e. The second-order valence-electron chi connectivity index (χ2n) is 4.29. The van der Waals surface area contributed by atoms with Gasteiger partial charge < -0.3 is 5.73 Å². The molecule has 0 spiro atoms. The van der Waals surface area contributed by atoms with Gasteiger partial charge in [-0.1, -0.05) is 13.8 Å². The summed E-state index contributed by atoms with van der Waals surface area (Å²) in [4.78, 5) is 2.26. The maximum absolute atomic E-state index is 8.91. The van der Waals surface area contributed by atoms with Crippen molar-refractivity contribution >= 4 is 0 Å². The average Bonchev–Trinajstić information content (AvgIpc) is 2.52. The molecular formula is C10H19N3. The van der Waals surface area contributed by atoms with E-state index in [1.165, 1.54) is 0 Å². The summed E-state index contributed by atoms with van der Waals surface area (Å²) in [6, 6.07) is 2.43. The minimum absolute atomic E-state index is 0.0911. The fraction of sp³-hybridized carbons (Fsp3) is 0.900. The highest BCUT2D eigenvalue weighted by molar-refractivity contribution is 4.97. The molecule has 1 fully saturated rings. The first-order valence-electron chi connectivity index (χ1n) is 4.99. The van der Waals surface area contributed by atoms with Crippen LogP contribution in [0.5, 0.6) is 0 Å². The molecule has 0 saturated carbocycles. The number of hydrogen-bond donors (Lipinski definition) is 1. The Morgan fingerprint density at radius 1 is 1.69 bits per heavy atom. The van der Waals surface area contributed by atoms with Crippen molar-refractivity contribution in [2.45, 2.75) is 32.7 Å². The first-order chi connectivity index (χ1) is 6.15. The Morgan fingerprint density at radius 3 is 2.77 bits per heavy atom. The highest BCUT2D eigenvalue weighted by Crippen LogP contribution is 2.30. The second-order valence-corrected chi connectivity index (χ2v) is 4.29. The van der Waals surface area contributed by atoms with Gasteiger partial charge in [0.15, 0.2) is 0 Å². The van der Waals surface area contributed by atoms with Gasteiger partial charge in [-0.2, -0.15) is 5.26 Å². The van der Waals surface area contributed by atoms with Crippen molar-refractivity contribution < 1.29 is 0 Å². The van der Waals surface area contributed by atoms with Gasteiger partial charge in [-0.05, 0) is 24.8 Å². The first-order valence-corrected chi connectivity index (χ1v) is 4.99. The Labute approximate surface area is 80.5 Å². The van der Waals surface area contributed by atoms with Crippen molar-refractivity contribution in [1.82, 2.24) is 4.90 Å². The minimum atomic E-state index is 0.0911. The molecular weight excluding hydrogens is 162 g/mol. The predicted octanol–water partition coefficient (Wildman–Crippen LogP) is 0.959. The third-order valence-electron chi connectivity index (χ3n) is 3.06. The van der Waals surface area contributed by atoms with Crippen LogP contribution in [0, 0.1) is 16.7 Å². The minimum Gasteiger partial charge on any atom is -0.330 e. The molecule has 2 N–H and O–H groups in total. The lowest BCUT2D eigenvalue weighted by atomic mass is 9.90. The molecule has 0 aromatic carbocycles. The number of nitriles is 1. The van der Waals surface area contributed by atoms with Gasteiger partial charge in [0.25, 0.3) is 0 Å². The van der Waals surface area contributed by atoms with Crippen LogP contribution in [-0.2, 0) is 0 Å². The summed E-state index contributed by atoms with van der Waals surface area (Å²) in [5, 5.41) is 8.91. The Balaban J connectivity index is 2.54. The molecule has 1 saturated heterocycles. The SMILES string of the molecule is CCC(C#N)N1CCC(C)(CN)C1. The molecule has 13 heavy (non-hydrogen) atoms. The fourth-order valence-electron chi connectivity index (χ4n) is 1.93. The number of hydrogen-bond acceptors (Lipinski definition) is 3. The third-order valence-corrected chi connectivity index (χ3v) is 3.06. The zero-order chi connectivity index (χ0) is 9.90. The first kappa shape index (κ1) is 10.5. The van der Waals surface area contributed by atoms with Crippen molar-refractivity contribution in [3.8, 4) is 6.07 Å². The van der Waals surface area contributed by atoms with E-state index in [4.69, 9.17) is 11.0 Å². The number of nitrogens with two attached hydrogens (primary N) is 1. The molecule has 74 valence electrons. The highest BCUT2D eigenvalue weighted by atomic mass is 15.2. The van der Waals surface area contributed by atoms with E-state index in [9.17, 15) is 0 Å². The number of likely N-dealkylation sites (tertiary alicyclic amines) is 1. The van der Waals surface area contributed by atoms with E-state index in [0.29, 0.717) is 0 Å². The van der Waals surface area contributed by atoms with Gasteiger partial charge in [-0.3, -0.25) is 4.90 Å². The van der Waals surface area contributed by atoms with Crippen molar-refractivity contribution in [2.24, 2.45) is 11.1 Å². The van der Waals surface area contributed by atoms with Gasteiger partial charge in [0.1, 0.15) is 0 Å². The van der Waals surface area contributed by atoms with Gasteiger partial charge >= 0.3 is 0 Å². The summed E-state index contributed by atoms with van der Waals surface area (Å²) in [5.41, 5.74) is 5.94. The largest absolute Gasteiger partial charge is 0.330 e. The zero-order valence-electron chi connectivity index (χ0n) is 8.58. The fourth-order valence-corrected chi connectivity index (χ4v) is 1.93. The zero-order valence-corrected chi connectivity index (χ0v) is 8.58. The Hall–Kier alpha value is -0.590. The summed E-state index contributed by atoms with van der Waals surface area (Å²) in [7, 11) is 0. The standard InChI is InChI=1S/C10H19N3/c1-3-9(6-11)13-5-4-10(2,7-12)8-13/h9H,3-5,7-8,12H2,1-2H3. The van der Waals surface area contributed by atoms with E-state index < -0.39 is 0 Å². The van der Waals surface area contributed by atoms with Crippen LogP contribution in [0.25, 0.3) is 0 Å². The molecule has 1 aliphatic rings. The van der Waals surface area contributed by atoms with Crippen LogP contribution in [0.2, 0.25) is 0 Å².